The molecule has 0 bridgehead atoms. The number of rotatable bonds is 3. The highest BCUT2D eigenvalue weighted by atomic mass is 16.4. The first kappa shape index (κ1) is 11.2. The lowest BCUT2D eigenvalue weighted by atomic mass is 9.95. The van der Waals surface area contributed by atoms with E-state index in [0.29, 0.717) is 12.8 Å². The minimum atomic E-state index is -0.986. The van der Waals surface area contributed by atoms with Crippen LogP contribution in [0.5, 0.6) is 0 Å². The van der Waals surface area contributed by atoms with Crippen LogP contribution >= 0.6 is 0 Å². The van der Waals surface area contributed by atoms with Crippen molar-refractivity contribution in [2.24, 2.45) is 5.92 Å². The highest BCUT2D eigenvalue weighted by molar-refractivity contribution is 5.88. The monoisotopic (exact) mass is 223 g/mol. The Balaban J connectivity index is 2.00. The van der Waals surface area contributed by atoms with Crippen LogP contribution in [0.25, 0.3) is 0 Å². The van der Waals surface area contributed by atoms with Crippen molar-refractivity contribution in [3.63, 3.8) is 0 Å². The first-order valence-corrected chi connectivity index (χ1v) is 5.84. The Labute approximate surface area is 94.7 Å². The summed E-state index contributed by atoms with van der Waals surface area (Å²) < 4.78 is 0. The molecule has 1 amide bonds. The number of hydrogen-bond acceptors (Lipinski definition) is 2. The maximum atomic E-state index is 11.9. The van der Waals surface area contributed by atoms with Gasteiger partial charge in [0.1, 0.15) is 5.54 Å². The van der Waals surface area contributed by atoms with Crippen LogP contribution in [0.3, 0.4) is 0 Å². The van der Waals surface area contributed by atoms with E-state index >= 15 is 0 Å². The predicted molar refractivity (Wildman–Crippen MR) is 58.8 cm³/mol. The number of carbonyl (C=O) groups excluding carboxylic acids is 1. The number of nitrogens with one attached hydrogen (secondary N) is 1. The smallest absolute Gasteiger partial charge is 0.329 e. The molecule has 2 N–H and O–H groups in total. The fraction of sp³-hybridized carbons (Fsp3) is 0.667. The summed E-state index contributed by atoms with van der Waals surface area (Å²) >= 11 is 0. The summed E-state index contributed by atoms with van der Waals surface area (Å²) in [6, 6.07) is 0. The molecule has 0 heterocycles. The molecular weight excluding hydrogens is 206 g/mol. The van der Waals surface area contributed by atoms with E-state index in [-0.39, 0.29) is 11.8 Å². The molecule has 0 spiro atoms. The molecule has 0 aromatic heterocycles. The number of amides is 1. The zero-order valence-electron chi connectivity index (χ0n) is 9.24. The lowest BCUT2D eigenvalue weighted by molar-refractivity contribution is -0.148. The van der Waals surface area contributed by atoms with Gasteiger partial charge in [-0.05, 0) is 25.7 Å². The summed E-state index contributed by atoms with van der Waals surface area (Å²) in [5.41, 5.74) is -0.986. The average molecular weight is 223 g/mol. The summed E-state index contributed by atoms with van der Waals surface area (Å²) in [5.74, 6) is -1.05. The molecule has 16 heavy (non-hydrogen) atoms. The second-order valence-corrected chi connectivity index (χ2v) is 4.72. The second-order valence-electron chi connectivity index (χ2n) is 4.72. The SMILES string of the molecule is O=C(NC1(C(=O)O)CCCC1)C1CC=CC1. The van der Waals surface area contributed by atoms with E-state index in [4.69, 9.17) is 0 Å². The summed E-state index contributed by atoms with van der Waals surface area (Å²) in [5, 5.41) is 12.0. The van der Waals surface area contributed by atoms with Crippen LogP contribution in [0, 0.1) is 5.92 Å². The van der Waals surface area contributed by atoms with Gasteiger partial charge in [-0.2, -0.15) is 0 Å². The van der Waals surface area contributed by atoms with E-state index < -0.39 is 11.5 Å². The van der Waals surface area contributed by atoms with Gasteiger partial charge < -0.3 is 10.4 Å². The van der Waals surface area contributed by atoms with E-state index in [0.717, 1.165) is 25.7 Å². The molecule has 4 nitrogen and oxygen atoms in total. The first-order valence-electron chi connectivity index (χ1n) is 5.84. The highest BCUT2D eigenvalue weighted by Crippen LogP contribution is 2.31. The summed E-state index contributed by atoms with van der Waals surface area (Å²) in [4.78, 5) is 23.1. The largest absolute Gasteiger partial charge is 0.480 e. The Morgan fingerprint density at radius 2 is 1.75 bits per heavy atom. The molecule has 0 saturated heterocycles. The molecule has 2 rings (SSSR count). The molecule has 1 fully saturated rings. The quantitative estimate of drug-likeness (QED) is 0.712. The molecular formula is C12H17NO3. The van der Waals surface area contributed by atoms with Crippen molar-refractivity contribution < 1.29 is 14.7 Å². The highest BCUT2D eigenvalue weighted by Gasteiger charge is 2.43. The van der Waals surface area contributed by atoms with Gasteiger partial charge in [-0.25, -0.2) is 4.79 Å². The van der Waals surface area contributed by atoms with Gasteiger partial charge in [-0.3, -0.25) is 4.79 Å². The minimum absolute atomic E-state index is 0.0585. The summed E-state index contributed by atoms with van der Waals surface area (Å²) in [6.07, 6.45) is 8.33. The van der Waals surface area contributed by atoms with Gasteiger partial charge in [-0.1, -0.05) is 25.0 Å². The third-order valence-corrected chi connectivity index (χ3v) is 3.61. The minimum Gasteiger partial charge on any atom is -0.480 e. The number of hydrogen-bond donors (Lipinski definition) is 2. The standard InChI is InChI=1S/C12H17NO3/c14-10(9-5-1-2-6-9)13-12(11(15)16)7-3-4-8-12/h1-2,9H,3-8H2,(H,13,14)(H,15,16). The molecule has 88 valence electrons. The van der Waals surface area contributed by atoms with Crippen LogP contribution in [0.15, 0.2) is 12.2 Å². The molecule has 0 aliphatic heterocycles. The van der Waals surface area contributed by atoms with Gasteiger partial charge in [0.05, 0.1) is 0 Å². The van der Waals surface area contributed by atoms with Crippen LogP contribution in [0.4, 0.5) is 0 Å². The molecule has 1 saturated carbocycles. The van der Waals surface area contributed by atoms with E-state index in [1.807, 2.05) is 12.2 Å². The zero-order chi connectivity index (χ0) is 11.6. The van der Waals surface area contributed by atoms with Crippen molar-refractivity contribution in [1.29, 1.82) is 0 Å². The summed E-state index contributed by atoms with van der Waals surface area (Å²) in [7, 11) is 0. The molecule has 0 radical (unpaired) electrons. The van der Waals surface area contributed by atoms with Crippen LogP contribution in [-0.2, 0) is 9.59 Å². The van der Waals surface area contributed by atoms with E-state index in [9.17, 15) is 14.7 Å². The Kier molecular flexibility index (Phi) is 2.99. The number of carboxylic acids is 1. The fourth-order valence-electron chi connectivity index (χ4n) is 2.54. The third-order valence-electron chi connectivity index (χ3n) is 3.61. The molecule has 0 aromatic carbocycles. The molecule has 2 aliphatic carbocycles. The number of allylic oxidation sites excluding steroid dienone is 2. The van der Waals surface area contributed by atoms with Gasteiger partial charge in [-0.15, -0.1) is 0 Å². The Morgan fingerprint density at radius 1 is 1.19 bits per heavy atom. The molecule has 0 aromatic rings. The van der Waals surface area contributed by atoms with Gasteiger partial charge in [0.2, 0.25) is 5.91 Å². The second kappa shape index (κ2) is 4.28. The van der Waals surface area contributed by atoms with Crippen molar-refractivity contribution in [3.05, 3.63) is 12.2 Å². The molecule has 2 aliphatic rings. The van der Waals surface area contributed by atoms with Crippen molar-refractivity contribution >= 4 is 11.9 Å². The van der Waals surface area contributed by atoms with Crippen molar-refractivity contribution in [2.45, 2.75) is 44.1 Å². The van der Waals surface area contributed by atoms with E-state index in [1.54, 1.807) is 0 Å². The van der Waals surface area contributed by atoms with Crippen LogP contribution in [0.1, 0.15) is 38.5 Å². The third kappa shape index (κ3) is 1.96. The average Bonchev–Trinajstić information content (AvgIpc) is 2.88. The topological polar surface area (TPSA) is 66.4 Å². The zero-order valence-corrected chi connectivity index (χ0v) is 9.24. The molecule has 0 unspecified atom stereocenters. The van der Waals surface area contributed by atoms with Crippen LogP contribution < -0.4 is 5.32 Å². The Hall–Kier alpha value is -1.32. The lowest BCUT2D eigenvalue weighted by Crippen LogP contribution is -2.53. The predicted octanol–water partition coefficient (Wildman–Crippen LogP) is 1.47. The van der Waals surface area contributed by atoms with Gasteiger partial charge in [0.25, 0.3) is 0 Å². The van der Waals surface area contributed by atoms with Crippen molar-refractivity contribution in [1.82, 2.24) is 5.32 Å². The van der Waals surface area contributed by atoms with E-state index in [2.05, 4.69) is 5.32 Å². The normalized spacial score (nSPS) is 23.5. The van der Waals surface area contributed by atoms with Gasteiger partial charge in [0, 0.05) is 5.92 Å². The van der Waals surface area contributed by atoms with Crippen LogP contribution in [-0.4, -0.2) is 22.5 Å². The number of aliphatic carboxylic acids is 1. The Morgan fingerprint density at radius 3 is 2.25 bits per heavy atom. The molecule has 0 atom stereocenters. The first-order chi connectivity index (χ1) is 7.64. The van der Waals surface area contributed by atoms with E-state index in [1.165, 1.54) is 0 Å². The van der Waals surface area contributed by atoms with Crippen molar-refractivity contribution in [2.75, 3.05) is 0 Å². The fourth-order valence-corrected chi connectivity index (χ4v) is 2.54. The Bertz CT molecular complexity index is 321. The summed E-state index contributed by atoms with van der Waals surface area (Å²) in [6.45, 7) is 0. The maximum Gasteiger partial charge on any atom is 0.329 e. The van der Waals surface area contributed by atoms with Gasteiger partial charge >= 0.3 is 5.97 Å². The van der Waals surface area contributed by atoms with Crippen LogP contribution in [0.2, 0.25) is 0 Å². The maximum absolute atomic E-state index is 11.9. The number of carbonyl (C=O) groups is 2. The van der Waals surface area contributed by atoms with Crippen molar-refractivity contribution in [3.8, 4) is 0 Å². The number of carboxylic acid groups (broad SMARTS) is 1. The van der Waals surface area contributed by atoms with Gasteiger partial charge in [0.15, 0.2) is 0 Å². The molecule has 4 heteroatoms. The lowest BCUT2D eigenvalue weighted by Gasteiger charge is -2.26.